The first-order valence-corrected chi connectivity index (χ1v) is 11.9. The summed E-state index contributed by atoms with van der Waals surface area (Å²) < 4.78 is 0. The second kappa shape index (κ2) is 8.10. The number of halogens is 2. The molecule has 0 aromatic heterocycles. The molecule has 5 rings (SSSR count). The summed E-state index contributed by atoms with van der Waals surface area (Å²) in [6, 6.07) is 13.1. The minimum Gasteiger partial charge on any atom is -0.339 e. The molecule has 2 aromatic carbocycles. The fraction of sp³-hybridized carbons (Fsp3) is 0.360. The number of likely N-dealkylation sites (N-methyl/N-ethyl adjacent to an activating group) is 1. The molecule has 0 N–H and O–H groups in total. The smallest absolute Gasteiger partial charge is 0.255 e. The number of amides is 4. The Morgan fingerprint density at radius 2 is 1.74 bits per heavy atom. The average molecular weight is 500 g/mol. The van der Waals surface area contributed by atoms with Gasteiger partial charge in [-0.3, -0.25) is 24.1 Å². The second-order valence-corrected chi connectivity index (χ2v) is 9.93. The Kier molecular flexibility index (Phi) is 5.45. The summed E-state index contributed by atoms with van der Waals surface area (Å²) in [4.78, 5) is 58.9. The van der Waals surface area contributed by atoms with E-state index in [2.05, 4.69) is 0 Å². The number of rotatable bonds is 4. The molecule has 3 aliphatic rings. The number of carbonyl (C=O) groups excluding carboxylic acids is 4. The fourth-order valence-corrected chi connectivity index (χ4v) is 6.07. The molecule has 3 unspecified atom stereocenters. The second-order valence-electron chi connectivity index (χ2n) is 9.11. The quantitative estimate of drug-likeness (QED) is 0.605. The molecule has 3 saturated heterocycles. The topological polar surface area (TPSA) is 78.0 Å². The molecular weight excluding hydrogens is 477 g/mol. The van der Waals surface area contributed by atoms with E-state index in [-0.39, 0.29) is 35.5 Å². The summed E-state index contributed by atoms with van der Waals surface area (Å²) in [5.41, 5.74) is -0.403. The van der Waals surface area contributed by atoms with Crippen molar-refractivity contribution in [3.8, 4) is 0 Å². The molecule has 0 saturated carbocycles. The van der Waals surface area contributed by atoms with Gasteiger partial charge in [-0.05, 0) is 37.6 Å². The van der Waals surface area contributed by atoms with Gasteiger partial charge in [0.25, 0.3) is 5.91 Å². The van der Waals surface area contributed by atoms with Gasteiger partial charge in [0.2, 0.25) is 17.7 Å². The molecule has 34 heavy (non-hydrogen) atoms. The van der Waals surface area contributed by atoms with Crippen molar-refractivity contribution in [2.24, 2.45) is 11.8 Å². The van der Waals surface area contributed by atoms with E-state index in [1.54, 1.807) is 11.8 Å². The molecule has 0 radical (unpaired) electrons. The molecule has 2 bridgehead atoms. The molecular formula is C25H23Cl2N3O4. The third-order valence-electron chi connectivity index (χ3n) is 7.37. The zero-order chi connectivity index (χ0) is 24.4. The third kappa shape index (κ3) is 3.10. The van der Waals surface area contributed by atoms with E-state index in [1.165, 1.54) is 28.0 Å². The van der Waals surface area contributed by atoms with Crippen molar-refractivity contribution in [1.82, 2.24) is 14.7 Å². The Morgan fingerprint density at radius 3 is 2.38 bits per heavy atom. The van der Waals surface area contributed by atoms with Gasteiger partial charge in [-0.15, -0.1) is 0 Å². The van der Waals surface area contributed by atoms with Gasteiger partial charge in [0, 0.05) is 18.7 Å². The van der Waals surface area contributed by atoms with Crippen LogP contribution in [0.5, 0.6) is 0 Å². The van der Waals surface area contributed by atoms with E-state index >= 15 is 0 Å². The summed E-state index contributed by atoms with van der Waals surface area (Å²) in [6.45, 7) is 4.22. The van der Waals surface area contributed by atoms with Crippen LogP contribution in [-0.2, 0) is 20.9 Å². The first-order chi connectivity index (χ1) is 16.2. The molecule has 0 spiro atoms. The zero-order valence-electron chi connectivity index (χ0n) is 18.7. The van der Waals surface area contributed by atoms with Crippen LogP contribution in [0.2, 0.25) is 10.0 Å². The van der Waals surface area contributed by atoms with E-state index < -0.39 is 35.2 Å². The molecule has 2 aromatic rings. The molecule has 3 fully saturated rings. The highest BCUT2D eigenvalue weighted by atomic mass is 35.5. The number of imide groups is 1. The summed E-state index contributed by atoms with van der Waals surface area (Å²) in [5.74, 6) is -3.25. The minimum atomic E-state index is -1.48. The van der Waals surface area contributed by atoms with Crippen LogP contribution in [0.3, 0.4) is 0 Å². The highest BCUT2D eigenvalue weighted by Gasteiger charge is 2.73. The number of carbonyl (C=O) groups is 4. The van der Waals surface area contributed by atoms with Gasteiger partial charge in [-0.2, -0.15) is 0 Å². The van der Waals surface area contributed by atoms with Crippen LogP contribution in [0.15, 0.2) is 48.5 Å². The van der Waals surface area contributed by atoms with Crippen molar-refractivity contribution < 1.29 is 19.2 Å². The van der Waals surface area contributed by atoms with Crippen molar-refractivity contribution in [2.75, 3.05) is 13.1 Å². The monoisotopic (exact) mass is 499 g/mol. The number of hydrogen-bond donors (Lipinski definition) is 0. The van der Waals surface area contributed by atoms with Gasteiger partial charge in [-0.1, -0.05) is 53.5 Å². The molecule has 3 aliphatic heterocycles. The lowest BCUT2D eigenvalue weighted by molar-refractivity contribution is -0.155. The lowest BCUT2D eigenvalue weighted by atomic mass is 9.81. The maximum absolute atomic E-state index is 13.7. The average Bonchev–Trinajstić information content (AvgIpc) is 3.20. The highest BCUT2D eigenvalue weighted by molar-refractivity contribution is 6.42. The van der Waals surface area contributed by atoms with Gasteiger partial charge >= 0.3 is 0 Å². The van der Waals surface area contributed by atoms with Gasteiger partial charge in [0.05, 0.1) is 34.5 Å². The third-order valence-corrected chi connectivity index (χ3v) is 8.11. The first kappa shape index (κ1) is 22.9. The van der Waals surface area contributed by atoms with E-state index in [9.17, 15) is 19.2 Å². The number of piperazine rings is 1. The summed E-state index contributed by atoms with van der Waals surface area (Å²) in [5, 5.41) is 0.517. The Labute approximate surface area is 207 Å². The SMILES string of the molecule is CCN1CC2C3C(=O)N(Cc4ccccc4)C(=O)C3[C@](C)(C1=O)N2C(=O)c1ccc(Cl)c(Cl)c1. The number of fused-ring (bicyclic) bond motifs is 5. The molecule has 7 nitrogen and oxygen atoms in total. The Balaban J connectivity index is 1.57. The zero-order valence-corrected chi connectivity index (χ0v) is 20.2. The van der Waals surface area contributed by atoms with Crippen molar-refractivity contribution >= 4 is 46.8 Å². The number of benzene rings is 2. The van der Waals surface area contributed by atoms with Crippen LogP contribution in [0.1, 0.15) is 29.8 Å². The largest absolute Gasteiger partial charge is 0.339 e. The minimum absolute atomic E-state index is 0.140. The summed E-state index contributed by atoms with van der Waals surface area (Å²) in [7, 11) is 0. The molecule has 4 atom stereocenters. The van der Waals surface area contributed by atoms with E-state index in [1.807, 2.05) is 37.3 Å². The van der Waals surface area contributed by atoms with Crippen molar-refractivity contribution in [3.05, 3.63) is 69.7 Å². The molecule has 176 valence electrons. The predicted molar refractivity (Wildman–Crippen MR) is 126 cm³/mol. The van der Waals surface area contributed by atoms with E-state index in [0.717, 1.165) is 5.56 Å². The lowest BCUT2D eigenvalue weighted by Crippen LogP contribution is -2.68. The lowest BCUT2D eigenvalue weighted by Gasteiger charge is -2.47. The van der Waals surface area contributed by atoms with Crippen LogP contribution in [0, 0.1) is 11.8 Å². The standard InChI is InChI=1S/C25H23Cl2N3O4/c1-3-28-13-18-19-20(23(33)29(22(19)32)12-14-7-5-4-6-8-14)25(2,24(28)34)30(18)21(31)15-9-10-16(26)17(27)11-15/h4-11,18-20H,3,12-13H2,1-2H3/t18?,19?,20?,25-/m1/s1. The first-order valence-electron chi connectivity index (χ1n) is 11.2. The molecule has 4 amide bonds. The Morgan fingerprint density at radius 1 is 1.03 bits per heavy atom. The maximum Gasteiger partial charge on any atom is 0.255 e. The van der Waals surface area contributed by atoms with Crippen LogP contribution in [0.25, 0.3) is 0 Å². The van der Waals surface area contributed by atoms with Gasteiger partial charge in [-0.25, -0.2) is 0 Å². The highest BCUT2D eigenvalue weighted by Crippen LogP contribution is 2.53. The van der Waals surface area contributed by atoms with Crippen molar-refractivity contribution in [2.45, 2.75) is 32.0 Å². The number of likely N-dealkylation sites (tertiary alicyclic amines) is 2. The predicted octanol–water partition coefficient (Wildman–Crippen LogP) is 3.24. The van der Waals surface area contributed by atoms with E-state index in [4.69, 9.17) is 23.2 Å². The number of nitrogens with zero attached hydrogens (tertiary/aromatic N) is 3. The van der Waals surface area contributed by atoms with Crippen LogP contribution >= 0.6 is 23.2 Å². The number of hydrogen-bond acceptors (Lipinski definition) is 4. The normalized spacial score (nSPS) is 28.1. The Bertz CT molecular complexity index is 1220. The fourth-order valence-electron chi connectivity index (χ4n) is 5.77. The Hall–Kier alpha value is -2.90. The molecule has 3 heterocycles. The van der Waals surface area contributed by atoms with E-state index in [0.29, 0.717) is 11.6 Å². The molecule has 0 aliphatic carbocycles. The van der Waals surface area contributed by atoms with Gasteiger partial charge in [0.1, 0.15) is 5.54 Å². The van der Waals surface area contributed by atoms with Crippen LogP contribution in [-0.4, -0.2) is 63.0 Å². The summed E-state index contributed by atoms with van der Waals surface area (Å²) in [6.07, 6.45) is 0. The van der Waals surface area contributed by atoms with Gasteiger partial charge < -0.3 is 9.80 Å². The van der Waals surface area contributed by atoms with Crippen molar-refractivity contribution in [1.29, 1.82) is 0 Å². The maximum atomic E-state index is 13.7. The summed E-state index contributed by atoms with van der Waals surface area (Å²) >= 11 is 12.2. The van der Waals surface area contributed by atoms with Crippen molar-refractivity contribution in [3.63, 3.8) is 0 Å². The van der Waals surface area contributed by atoms with Crippen LogP contribution in [0.4, 0.5) is 0 Å². The van der Waals surface area contributed by atoms with Crippen LogP contribution < -0.4 is 0 Å². The molecule has 9 heteroatoms. The van der Waals surface area contributed by atoms with Gasteiger partial charge in [0.15, 0.2) is 0 Å².